The van der Waals surface area contributed by atoms with Crippen LogP contribution in [0.5, 0.6) is 0 Å². The fourth-order valence-corrected chi connectivity index (χ4v) is 1.77. The van der Waals surface area contributed by atoms with E-state index in [0.29, 0.717) is 0 Å². The molecule has 1 unspecified atom stereocenters. The topological polar surface area (TPSA) is 119 Å². The van der Waals surface area contributed by atoms with Gasteiger partial charge >= 0.3 is 5.97 Å². The number of ether oxygens (including phenoxy) is 1. The minimum Gasteiger partial charge on any atom is -0.480 e. The van der Waals surface area contributed by atoms with Crippen LogP contribution in [0.25, 0.3) is 0 Å². The zero-order valence-electron chi connectivity index (χ0n) is 11.0. The lowest BCUT2D eigenvalue weighted by atomic mass is 10.1. The van der Waals surface area contributed by atoms with E-state index in [0.717, 1.165) is 12.1 Å². The summed E-state index contributed by atoms with van der Waals surface area (Å²) in [5.41, 5.74) is -0.436. The second kappa shape index (κ2) is 7.55. The molecule has 8 nitrogen and oxygen atoms in total. The van der Waals surface area contributed by atoms with Gasteiger partial charge in [-0.05, 0) is 6.07 Å². The van der Waals surface area contributed by atoms with Gasteiger partial charge in [-0.3, -0.25) is 14.9 Å². The molecular weight excluding hydrogens is 304 g/mol. The quantitative estimate of drug-likeness (QED) is 0.580. The molecule has 1 atom stereocenters. The maximum Gasteiger partial charge on any atom is 0.326 e. The van der Waals surface area contributed by atoms with E-state index >= 15 is 0 Å². The van der Waals surface area contributed by atoms with E-state index in [-0.39, 0.29) is 29.3 Å². The van der Waals surface area contributed by atoms with Gasteiger partial charge in [0.2, 0.25) is 0 Å². The first-order valence-electron chi connectivity index (χ1n) is 5.82. The van der Waals surface area contributed by atoms with Crippen LogP contribution in [0.4, 0.5) is 5.69 Å². The van der Waals surface area contributed by atoms with Crippen molar-refractivity contribution in [3.63, 3.8) is 0 Å². The molecule has 0 aliphatic carbocycles. The number of non-ortho nitro benzene ring substituents is 1. The zero-order valence-corrected chi connectivity index (χ0v) is 11.8. The Labute approximate surface area is 124 Å². The number of hydrogen-bond acceptors (Lipinski definition) is 5. The number of halogens is 1. The third-order valence-electron chi connectivity index (χ3n) is 2.57. The summed E-state index contributed by atoms with van der Waals surface area (Å²) in [6.45, 7) is 0.146. The number of aliphatic carboxylic acids is 1. The Kier molecular flexibility index (Phi) is 6.07. The predicted molar refractivity (Wildman–Crippen MR) is 73.5 cm³/mol. The lowest BCUT2D eigenvalue weighted by Crippen LogP contribution is -2.41. The molecular formula is C12H13ClN2O6. The minimum atomic E-state index is -1.23. The lowest BCUT2D eigenvalue weighted by molar-refractivity contribution is -0.384. The number of nitrogens with one attached hydrogen (secondary N) is 1. The van der Waals surface area contributed by atoms with Crippen molar-refractivity contribution >= 4 is 29.2 Å². The molecule has 2 N–H and O–H groups in total. The van der Waals surface area contributed by atoms with Gasteiger partial charge in [0.15, 0.2) is 0 Å². The van der Waals surface area contributed by atoms with Crippen molar-refractivity contribution in [3.8, 4) is 0 Å². The summed E-state index contributed by atoms with van der Waals surface area (Å²) in [5.74, 6) is -1.99. The maximum atomic E-state index is 12.0. The van der Waals surface area contributed by atoms with Gasteiger partial charge < -0.3 is 15.2 Å². The number of nitro groups is 1. The second-order valence-electron chi connectivity index (χ2n) is 4.10. The van der Waals surface area contributed by atoms with E-state index in [1.54, 1.807) is 0 Å². The number of carbonyl (C=O) groups is 2. The molecule has 0 fully saturated rings. The Hall–Kier alpha value is -2.19. The number of nitro benzene ring substituents is 1. The average Bonchev–Trinajstić information content (AvgIpc) is 2.42. The molecule has 9 heteroatoms. The van der Waals surface area contributed by atoms with Crippen LogP contribution in [0.15, 0.2) is 18.2 Å². The van der Waals surface area contributed by atoms with Crippen LogP contribution in [-0.4, -0.2) is 41.7 Å². The van der Waals surface area contributed by atoms with E-state index in [4.69, 9.17) is 21.4 Å². The summed E-state index contributed by atoms with van der Waals surface area (Å²) < 4.78 is 4.75. The number of amides is 1. The third-order valence-corrected chi connectivity index (χ3v) is 2.79. The summed E-state index contributed by atoms with van der Waals surface area (Å²) in [5, 5.41) is 22.0. The van der Waals surface area contributed by atoms with Crippen LogP contribution >= 0.6 is 11.6 Å². The molecule has 114 valence electrons. The molecule has 0 saturated carbocycles. The Morgan fingerprint density at radius 1 is 1.48 bits per heavy atom. The molecule has 1 amide bonds. The number of nitrogens with zero attached hydrogens (tertiary/aromatic N) is 1. The van der Waals surface area contributed by atoms with Gasteiger partial charge in [-0.15, -0.1) is 0 Å². The van der Waals surface area contributed by atoms with Gasteiger partial charge in [0.25, 0.3) is 11.6 Å². The largest absolute Gasteiger partial charge is 0.480 e. The molecule has 0 aliphatic rings. The fraction of sp³-hybridized carbons (Fsp3) is 0.333. The highest BCUT2D eigenvalue weighted by Gasteiger charge is 2.22. The van der Waals surface area contributed by atoms with Crippen molar-refractivity contribution in [3.05, 3.63) is 38.9 Å². The lowest BCUT2D eigenvalue weighted by Gasteiger charge is -2.14. The van der Waals surface area contributed by atoms with Crippen LogP contribution in [0, 0.1) is 10.1 Å². The highest BCUT2D eigenvalue weighted by molar-refractivity contribution is 6.31. The minimum absolute atomic E-state index is 0.0121. The first kappa shape index (κ1) is 16.9. The zero-order chi connectivity index (χ0) is 16.0. The third kappa shape index (κ3) is 5.01. The van der Waals surface area contributed by atoms with Crippen LogP contribution in [-0.2, 0) is 9.53 Å². The molecule has 0 radical (unpaired) electrons. The van der Waals surface area contributed by atoms with Crippen molar-refractivity contribution in [1.29, 1.82) is 0 Å². The number of rotatable bonds is 7. The highest BCUT2D eigenvalue weighted by Crippen LogP contribution is 2.21. The van der Waals surface area contributed by atoms with E-state index in [9.17, 15) is 19.7 Å². The van der Waals surface area contributed by atoms with Crippen molar-refractivity contribution in [2.45, 2.75) is 12.5 Å². The summed E-state index contributed by atoms with van der Waals surface area (Å²) in [6.07, 6.45) is 0.0697. The fourth-order valence-electron chi connectivity index (χ4n) is 1.55. The molecule has 1 aromatic rings. The first-order chi connectivity index (χ1) is 9.85. The van der Waals surface area contributed by atoms with Crippen LogP contribution in [0.2, 0.25) is 5.02 Å². The van der Waals surface area contributed by atoms with Crippen molar-refractivity contribution in [2.24, 2.45) is 0 Å². The van der Waals surface area contributed by atoms with Gasteiger partial charge in [0.05, 0.1) is 4.92 Å². The normalized spacial score (nSPS) is 11.7. The Balaban J connectivity index is 2.92. The Bertz CT molecular complexity index is 563. The first-order valence-corrected chi connectivity index (χ1v) is 6.20. The van der Waals surface area contributed by atoms with Crippen molar-refractivity contribution in [2.75, 3.05) is 13.7 Å². The number of benzene rings is 1. The molecule has 1 rings (SSSR count). The molecule has 21 heavy (non-hydrogen) atoms. The number of carboxylic acid groups (broad SMARTS) is 1. The SMILES string of the molecule is COCCC(NC(=O)c1cc(Cl)cc([N+](=O)[O-])c1)C(=O)O. The smallest absolute Gasteiger partial charge is 0.326 e. The van der Waals surface area contributed by atoms with E-state index in [1.165, 1.54) is 13.2 Å². The highest BCUT2D eigenvalue weighted by atomic mass is 35.5. The number of carboxylic acids is 1. The summed E-state index contributed by atoms with van der Waals surface area (Å²) in [7, 11) is 1.40. The van der Waals surface area contributed by atoms with Gasteiger partial charge in [0.1, 0.15) is 6.04 Å². The predicted octanol–water partition coefficient (Wildman–Crippen LogP) is 1.47. The molecule has 0 heterocycles. The van der Waals surface area contributed by atoms with Crippen LogP contribution in [0.1, 0.15) is 16.8 Å². The van der Waals surface area contributed by atoms with E-state index < -0.39 is 22.8 Å². The van der Waals surface area contributed by atoms with Gasteiger partial charge in [-0.2, -0.15) is 0 Å². The summed E-state index contributed by atoms with van der Waals surface area (Å²) >= 11 is 5.70. The Morgan fingerprint density at radius 2 is 2.14 bits per heavy atom. The summed E-state index contributed by atoms with van der Waals surface area (Å²) in [6, 6.07) is 2.18. The molecule has 0 bridgehead atoms. The Morgan fingerprint density at radius 3 is 2.67 bits per heavy atom. The standard InChI is InChI=1S/C12H13ClN2O6/c1-21-3-2-10(12(17)18)14-11(16)7-4-8(13)6-9(5-7)15(19)20/h4-6,10H,2-3H2,1H3,(H,14,16)(H,17,18). The van der Waals surface area contributed by atoms with E-state index in [1.807, 2.05) is 0 Å². The van der Waals surface area contributed by atoms with Crippen molar-refractivity contribution in [1.82, 2.24) is 5.32 Å². The molecule has 0 spiro atoms. The van der Waals surface area contributed by atoms with Crippen LogP contribution in [0.3, 0.4) is 0 Å². The van der Waals surface area contributed by atoms with Crippen molar-refractivity contribution < 1.29 is 24.4 Å². The van der Waals surface area contributed by atoms with Gasteiger partial charge in [-0.25, -0.2) is 4.79 Å². The second-order valence-corrected chi connectivity index (χ2v) is 4.54. The van der Waals surface area contributed by atoms with Crippen LogP contribution < -0.4 is 5.32 Å². The maximum absolute atomic E-state index is 12.0. The molecule has 0 aliphatic heterocycles. The molecule has 0 saturated heterocycles. The monoisotopic (exact) mass is 316 g/mol. The number of methoxy groups -OCH3 is 1. The van der Waals surface area contributed by atoms with Gasteiger partial charge in [0, 0.05) is 42.9 Å². The molecule has 0 aromatic heterocycles. The molecule has 1 aromatic carbocycles. The van der Waals surface area contributed by atoms with E-state index in [2.05, 4.69) is 5.32 Å². The number of hydrogen-bond donors (Lipinski definition) is 2. The van der Waals surface area contributed by atoms with Gasteiger partial charge in [-0.1, -0.05) is 11.6 Å². The average molecular weight is 317 g/mol. The summed E-state index contributed by atoms with van der Waals surface area (Å²) in [4.78, 5) is 33.0. The number of carbonyl (C=O) groups excluding carboxylic acids is 1.